The van der Waals surface area contributed by atoms with Crippen LogP contribution in [0.25, 0.3) is 0 Å². The molecule has 0 unspecified atom stereocenters. The molecule has 0 radical (unpaired) electrons. The first-order chi connectivity index (χ1) is 7.11. The number of nitrogens with zero attached hydrogens (tertiary/aromatic N) is 1. The fourth-order valence-electron chi connectivity index (χ4n) is 1.84. The molecular weight excluding hydrogens is 256 g/mol. The van der Waals surface area contributed by atoms with Crippen LogP contribution in [0.5, 0.6) is 0 Å². The van der Waals surface area contributed by atoms with E-state index in [1.54, 1.807) is 0 Å². The number of carbonyl (C=O) groups excluding carboxylic acids is 1. The zero-order valence-corrected chi connectivity index (χ0v) is 10.3. The van der Waals surface area contributed by atoms with Crippen LogP contribution in [-0.2, 0) is 4.79 Å². The van der Waals surface area contributed by atoms with Gasteiger partial charge in [0, 0.05) is 10.5 Å². The average molecular weight is 269 g/mol. The zero-order chi connectivity index (χ0) is 11.0. The van der Waals surface area contributed by atoms with Gasteiger partial charge in [-0.2, -0.15) is 0 Å². The number of amides is 1. The number of hydrogen-bond donors (Lipinski definition) is 1. The molecule has 1 aromatic carbocycles. The normalized spacial score (nSPS) is 15.2. The largest absolute Gasteiger partial charge is 0.374 e. The Kier molecular flexibility index (Phi) is 2.69. The zero-order valence-electron chi connectivity index (χ0n) is 8.75. The van der Waals surface area contributed by atoms with Gasteiger partial charge < -0.3 is 10.2 Å². The SMILES string of the molecule is CC(C)N1C(=O)CNc2c(Br)cccc21. The van der Waals surface area contributed by atoms with Crippen molar-refractivity contribution in [2.24, 2.45) is 0 Å². The van der Waals surface area contributed by atoms with E-state index in [-0.39, 0.29) is 11.9 Å². The summed E-state index contributed by atoms with van der Waals surface area (Å²) < 4.78 is 0.998. The lowest BCUT2D eigenvalue weighted by Crippen LogP contribution is -2.44. The summed E-state index contributed by atoms with van der Waals surface area (Å²) in [7, 11) is 0. The van der Waals surface area contributed by atoms with Gasteiger partial charge in [-0.05, 0) is 41.9 Å². The van der Waals surface area contributed by atoms with Gasteiger partial charge in [-0.25, -0.2) is 0 Å². The van der Waals surface area contributed by atoms with Crippen LogP contribution >= 0.6 is 15.9 Å². The number of hydrogen-bond acceptors (Lipinski definition) is 2. The van der Waals surface area contributed by atoms with Gasteiger partial charge in [-0.1, -0.05) is 6.07 Å². The molecule has 1 amide bonds. The van der Waals surface area contributed by atoms with E-state index in [0.717, 1.165) is 15.8 Å². The van der Waals surface area contributed by atoms with Crippen LogP contribution in [-0.4, -0.2) is 18.5 Å². The molecule has 1 aromatic rings. The van der Waals surface area contributed by atoms with Crippen molar-refractivity contribution in [1.82, 2.24) is 0 Å². The van der Waals surface area contributed by atoms with E-state index in [1.807, 2.05) is 36.9 Å². The Morgan fingerprint density at radius 3 is 2.87 bits per heavy atom. The highest BCUT2D eigenvalue weighted by Gasteiger charge is 2.26. The topological polar surface area (TPSA) is 32.3 Å². The van der Waals surface area contributed by atoms with E-state index in [0.29, 0.717) is 6.54 Å². The Bertz CT molecular complexity index is 404. The van der Waals surface area contributed by atoms with E-state index in [9.17, 15) is 4.79 Å². The van der Waals surface area contributed by atoms with Crippen LogP contribution in [0, 0.1) is 0 Å². The van der Waals surface area contributed by atoms with Crippen LogP contribution in [0.15, 0.2) is 22.7 Å². The third kappa shape index (κ3) is 1.74. The maximum atomic E-state index is 11.8. The summed E-state index contributed by atoms with van der Waals surface area (Å²) in [5, 5.41) is 3.13. The number of carbonyl (C=O) groups is 1. The Morgan fingerprint density at radius 1 is 1.47 bits per heavy atom. The maximum absolute atomic E-state index is 11.8. The summed E-state index contributed by atoms with van der Waals surface area (Å²) in [6, 6.07) is 6.07. The standard InChI is InChI=1S/C11H13BrN2O/c1-7(2)14-9-5-3-4-8(12)11(9)13-6-10(14)15/h3-5,7,13H,6H2,1-2H3. The average Bonchev–Trinajstić information content (AvgIpc) is 2.17. The molecule has 1 aliphatic heterocycles. The maximum Gasteiger partial charge on any atom is 0.246 e. The molecule has 3 nitrogen and oxygen atoms in total. The van der Waals surface area contributed by atoms with Crippen molar-refractivity contribution >= 4 is 33.2 Å². The van der Waals surface area contributed by atoms with Crippen molar-refractivity contribution in [1.29, 1.82) is 0 Å². The van der Waals surface area contributed by atoms with E-state index >= 15 is 0 Å². The van der Waals surface area contributed by atoms with Crippen LogP contribution in [0.2, 0.25) is 0 Å². The van der Waals surface area contributed by atoms with Gasteiger partial charge in [-0.3, -0.25) is 4.79 Å². The Balaban J connectivity index is 2.53. The monoisotopic (exact) mass is 268 g/mol. The number of benzene rings is 1. The fourth-order valence-corrected chi connectivity index (χ4v) is 2.33. The second kappa shape index (κ2) is 3.85. The molecule has 2 rings (SSSR count). The first-order valence-electron chi connectivity index (χ1n) is 4.95. The smallest absolute Gasteiger partial charge is 0.246 e. The van der Waals surface area contributed by atoms with Gasteiger partial charge in [0.15, 0.2) is 0 Å². The minimum atomic E-state index is 0.121. The molecule has 0 spiro atoms. The number of fused-ring (bicyclic) bond motifs is 1. The van der Waals surface area contributed by atoms with Crippen LogP contribution in [0.4, 0.5) is 11.4 Å². The molecule has 0 saturated carbocycles. The summed E-state index contributed by atoms with van der Waals surface area (Å²) in [4.78, 5) is 13.6. The minimum Gasteiger partial charge on any atom is -0.374 e. The first-order valence-corrected chi connectivity index (χ1v) is 5.75. The number of para-hydroxylation sites is 1. The van der Waals surface area contributed by atoms with Gasteiger partial charge in [0.1, 0.15) is 0 Å². The predicted octanol–water partition coefficient (Wildman–Crippen LogP) is 2.62. The second-order valence-corrected chi connectivity index (χ2v) is 4.70. The molecule has 1 heterocycles. The van der Waals surface area contributed by atoms with Gasteiger partial charge in [0.2, 0.25) is 5.91 Å². The fraction of sp³-hybridized carbons (Fsp3) is 0.364. The Labute approximate surface area is 97.6 Å². The summed E-state index contributed by atoms with van der Waals surface area (Å²) in [6.45, 7) is 4.41. The molecule has 0 saturated heterocycles. The summed E-state index contributed by atoms with van der Waals surface area (Å²) >= 11 is 3.48. The molecule has 0 aromatic heterocycles. The van der Waals surface area contributed by atoms with Crippen LogP contribution < -0.4 is 10.2 Å². The highest BCUT2D eigenvalue weighted by Crippen LogP contribution is 2.36. The lowest BCUT2D eigenvalue weighted by Gasteiger charge is -2.33. The lowest BCUT2D eigenvalue weighted by molar-refractivity contribution is -0.117. The molecule has 0 atom stereocenters. The first kappa shape index (κ1) is 10.5. The quantitative estimate of drug-likeness (QED) is 0.850. The summed E-state index contributed by atoms with van der Waals surface area (Å²) in [6.07, 6.45) is 0. The van der Waals surface area contributed by atoms with Gasteiger partial charge in [-0.15, -0.1) is 0 Å². The molecule has 1 N–H and O–H groups in total. The Morgan fingerprint density at radius 2 is 2.20 bits per heavy atom. The Hall–Kier alpha value is -1.03. The molecule has 1 aliphatic rings. The molecule has 15 heavy (non-hydrogen) atoms. The van der Waals surface area contributed by atoms with E-state index < -0.39 is 0 Å². The third-order valence-electron chi connectivity index (χ3n) is 2.45. The van der Waals surface area contributed by atoms with Crippen molar-refractivity contribution in [2.75, 3.05) is 16.8 Å². The second-order valence-electron chi connectivity index (χ2n) is 3.85. The highest BCUT2D eigenvalue weighted by atomic mass is 79.9. The van der Waals surface area contributed by atoms with E-state index in [4.69, 9.17) is 0 Å². The number of rotatable bonds is 1. The van der Waals surface area contributed by atoms with Crippen molar-refractivity contribution in [3.63, 3.8) is 0 Å². The third-order valence-corrected chi connectivity index (χ3v) is 3.11. The van der Waals surface area contributed by atoms with E-state index in [2.05, 4.69) is 21.2 Å². The minimum absolute atomic E-state index is 0.121. The number of nitrogens with one attached hydrogen (secondary N) is 1. The molecule has 4 heteroatoms. The van der Waals surface area contributed by atoms with E-state index in [1.165, 1.54) is 0 Å². The molecular formula is C11H13BrN2O. The van der Waals surface area contributed by atoms with Gasteiger partial charge >= 0.3 is 0 Å². The van der Waals surface area contributed by atoms with Gasteiger partial charge in [0.25, 0.3) is 0 Å². The van der Waals surface area contributed by atoms with Crippen molar-refractivity contribution in [3.8, 4) is 0 Å². The molecule has 0 fully saturated rings. The van der Waals surface area contributed by atoms with Crippen molar-refractivity contribution in [2.45, 2.75) is 19.9 Å². The highest BCUT2D eigenvalue weighted by molar-refractivity contribution is 9.10. The summed E-state index contributed by atoms with van der Waals surface area (Å²) in [5.41, 5.74) is 1.96. The number of halogens is 1. The van der Waals surface area contributed by atoms with Crippen molar-refractivity contribution < 1.29 is 4.79 Å². The number of anilines is 2. The van der Waals surface area contributed by atoms with Gasteiger partial charge in [0.05, 0.1) is 17.9 Å². The lowest BCUT2D eigenvalue weighted by atomic mass is 10.1. The summed E-state index contributed by atoms with van der Waals surface area (Å²) in [5.74, 6) is 0.121. The van der Waals surface area contributed by atoms with Crippen LogP contribution in [0.1, 0.15) is 13.8 Å². The molecule has 0 aliphatic carbocycles. The molecule has 80 valence electrons. The molecule has 0 bridgehead atoms. The van der Waals surface area contributed by atoms with Crippen molar-refractivity contribution in [3.05, 3.63) is 22.7 Å². The van der Waals surface area contributed by atoms with Crippen LogP contribution in [0.3, 0.4) is 0 Å². The predicted molar refractivity (Wildman–Crippen MR) is 65.3 cm³/mol.